The highest BCUT2D eigenvalue weighted by Crippen LogP contribution is 2.29. The lowest BCUT2D eigenvalue weighted by atomic mass is 10.0. The van der Waals surface area contributed by atoms with Crippen LogP contribution in [0.5, 0.6) is 0 Å². The van der Waals surface area contributed by atoms with Gasteiger partial charge in [-0.2, -0.15) is 0 Å². The Bertz CT molecular complexity index is 541. The molecule has 0 unspecified atom stereocenters. The predicted octanol–water partition coefficient (Wildman–Crippen LogP) is 3.10. The number of amides is 2. The second-order valence-corrected chi connectivity index (χ2v) is 6.07. The average molecular weight is 311 g/mol. The van der Waals surface area contributed by atoms with Crippen molar-refractivity contribution < 1.29 is 14.7 Å². The lowest BCUT2D eigenvalue weighted by Crippen LogP contribution is -2.50. The van der Waals surface area contributed by atoms with E-state index in [4.69, 9.17) is 11.6 Å². The SMILES string of the molecule is CC1(NC(=O)N[C@@H](C(=O)O)c2ccccc2Cl)CCCC1. The number of nitrogens with one attached hydrogen (secondary N) is 2. The molecule has 1 saturated carbocycles. The van der Waals surface area contributed by atoms with Crippen molar-refractivity contribution in [2.24, 2.45) is 0 Å². The summed E-state index contributed by atoms with van der Waals surface area (Å²) in [6.45, 7) is 1.98. The highest BCUT2D eigenvalue weighted by molar-refractivity contribution is 6.31. The summed E-state index contributed by atoms with van der Waals surface area (Å²) >= 11 is 6.01. The molecule has 5 nitrogen and oxygen atoms in total. The average Bonchev–Trinajstić information content (AvgIpc) is 2.83. The van der Waals surface area contributed by atoms with Gasteiger partial charge in [0, 0.05) is 16.1 Å². The standard InChI is InChI=1S/C15H19ClN2O3/c1-15(8-4-5-9-15)18-14(21)17-12(13(19)20)10-6-2-3-7-11(10)16/h2-3,6-7,12H,4-5,8-9H2,1H3,(H,19,20)(H2,17,18,21)/t12-/m1/s1. The van der Waals surface area contributed by atoms with Crippen LogP contribution >= 0.6 is 11.6 Å². The number of carbonyl (C=O) groups excluding carboxylic acids is 1. The van der Waals surface area contributed by atoms with E-state index < -0.39 is 18.0 Å². The van der Waals surface area contributed by atoms with Crippen LogP contribution in [0.15, 0.2) is 24.3 Å². The van der Waals surface area contributed by atoms with Crippen molar-refractivity contribution in [3.05, 3.63) is 34.9 Å². The van der Waals surface area contributed by atoms with Crippen LogP contribution in [0.25, 0.3) is 0 Å². The maximum Gasteiger partial charge on any atom is 0.331 e. The Morgan fingerprint density at radius 2 is 1.90 bits per heavy atom. The van der Waals surface area contributed by atoms with E-state index in [1.54, 1.807) is 24.3 Å². The fourth-order valence-corrected chi connectivity index (χ4v) is 2.95. The summed E-state index contributed by atoms with van der Waals surface area (Å²) in [4.78, 5) is 23.5. The second kappa shape index (κ2) is 6.35. The Kier molecular flexibility index (Phi) is 4.73. The maximum atomic E-state index is 12.1. The van der Waals surface area contributed by atoms with Crippen LogP contribution in [0.4, 0.5) is 4.79 Å². The Morgan fingerprint density at radius 1 is 1.29 bits per heavy atom. The van der Waals surface area contributed by atoms with Crippen molar-refractivity contribution in [2.45, 2.75) is 44.2 Å². The fraction of sp³-hybridized carbons (Fsp3) is 0.467. The van der Waals surface area contributed by atoms with Gasteiger partial charge >= 0.3 is 12.0 Å². The number of rotatable bonds is 4. The molecular weight excluding hydrogens is 292 g/mol. The van der Waals surface area contributed by atoms with E-state index in [2.05, 4.69) is 10.6 Å². The molecular formula is C15H19ClN2O3. The maximum absolute atomic E-state index is 12.1. The van der Waals surface area contributed by atoms with Gasteiger partial charge in [-0.15, -0.1) is 0 Å². The molecule has 1 atom stereocenters. The molecule has 6 heteroatoms. The van der Waals surface area contributed by atoms with Crippen molar-refractivity contribution in [3.63, 3.8) is 0 Å². The van der Waals surface area contributed by atoms with E-state index >= 15 is 0 Å². The third-order valence-electron chi connectivity index (χ3n) is 3.86. The number of hydrogen-bond donors (Lipinski definition) is 3. The van der Waals surface area contributed by atoms with Gasteiger partial charge in [-0.1, -0.05) is 42.6 Å². The topological polar surface area (TPSA) is 78.4 Å². The molecule has 0 radical (unpaired) electrons. The number of aliphatic carboxylic acids is 1. The molecule has 0 spiro atoms. The normalized spacial score (nSPS) is 18.0. The number of benzene rings is 1. The second-order valence-electron chi connectivity index (χ2n) is 5.66. The molecule has 1 aromatic carbocycles. The number of carboxylic acid groups (broad SMARTS) is 1. The van der Waals surface area contributed by atoms with Gasteiger partial charge in [0.15, 0.2) is 6.04 Å². The highest BCUT2D eigenvalue weighted by atomic mass is 35.5. The van der Waals surface area contributed by atoms with Crippen molar-refractivity contribution in [1.82, 2.24) is 10.6 Å². The van der Waals surface area contributed by atoms with Crippen LogP contribution in [-0.4, -0.2) is 22.6 Å². The minimum Gasteiger partial charge on any atom is -0.479 e. The molecule has 0 aromatic heterocycles. The van der Waals surface area contributed by atoms with Crippen LogP contribution in [0.1, 0.15) is 44.2 Å². The molecule has 1 aliphatic carbocycles. The zero-order valence-electron chi connectivity index (χ0n) is 11.9. The molecule has 0 saturated heterocycles. The highest BCUT2D eigenvalue weighted by Gasteiger charge is 2.32. The lowest BCUT2D eigenvalue weighted by Gasteiger charge is -2.26. The number of carbonyl (C=O) groups is 2. The molecule has 0 heterocycles. The van der Waals surface area contributed by atoms with Gasteiger partial charge in [-0.25, -0.2) is 9.59 Å². The van der Waals surface area contributed by atoms with E-state index in [1.165, 1.54) is 0 Å². The first-order valence-electron chi connectivity index (χ1n) is 6.97. The molecule has 2 amide bonds. The minimum atomic E-state index is -1.16. The van der Waals surface area contributed by atoms with Gasteiger partial charge in [-0.05, 0) is 25.8 Å². The minimum absolute atomic E-state index is 0.256. The van der Waals surface area contributed by atoms with Gasteiger partial charge in [0.05, 0.1) is 0 Å². The number of halogens is 1. The molecule has 0 aliphatic heterocycles. The van der Waals surface area contributed by atoms with Gasteiger partial charge in [0.25, 0.3) is 0 Å². The number of carboxylic acids is 1. The first-order chi connectivity index (χ1) is 9.91. The van der Waals surface area contributed by atoms with Crippen LogP contribution in [0, 0.1) is 0 Å². The van der Waals surface area contributed by atoms with Gasteiger partial charge in [-0.3, -0.25) is 0 Å². The first kappa shape index (κ1) is 15.6. The van der Waals surface area contributed by atoms with Gasteiger partial charge < -0.3 is 15.7 Å². The van der Waals surface area contributed by atoms with E-state index in [0.29, 0.717) is 10.6 Å². The molecule has 2 rings (SSSR count). The van der Waals surface area contributed by atoms with Crippen LogP contribution < -0.4 is 10.6 Å². The molecule has 1 aromatic rings. The molecule has 3 N–H and O–H groups in total. The quantitative estimate of drug-likeness (QED) is 0.799. The summed E-state index contributed by atoms with van der Waals surface area (Å²) < 4.78 is 0. The molecule has 1 aliphatic rings. The molecule has 21 heavy (non-hydrogen) atoms. The lowest BCUT2D eigenvalue weighted by molar-refractivity contribution is -0.139. The molecule has 1 fully saturated rings. The molecule has 114 valence electrons. The van der Waals surface area contributed by atoms with E-state index in [0.717, 1.165) is 25.7 Å². The Labute approximate surface area is 128 Å². The third-order valence-corrected chi connectivity index (χ3v) is 4.21. The van der Waals surface area contributed by atoms with E-state index in [-0.39, 0.29) is 5.54 Å². The summed E-state index contributed by atoms with van der Waals surface area (Å²) in [5, 5.41) is 15.0. The summed E-state index contributed by atoms with van der Waals surface area (Å²) in [7, 11) is 0. The van der Waals surface area contributed by atoms with Crippen molar-refractivity contribution in [1.29, 1.82) is 0 Å². The van der Waals surface area contributed by atoms with Crippen LogP contribution in [0.3, 0.4) is 0 Å². The fourth-order valence-electron chi connectivity index (χ4n) is 2.70. The summed E-state index contributed by atoms with van der Waals surface area (Å²) in [5.74, 6) is -1.14. The largest absolute Gasteiger partial charge is 0.479 e. The van der Waals surface area contributed by atoms with Gasteiger partial charge in [0.2, 0.25) is 0 Å². The van der Waals surface area contributed by atoms with Crippen LogP contribution in [-0.2, 0) is 4.79 Å². The smallest absolute Gasteiger partial charge is 0.331 e. The van der Waals surface area contributed by atoms with Crippen molar-refractivity contribution >= 4 is 23.6 Å². The van der Waals surface area contributed by atoms with E-state index in [1.807, 2.05) is 6.92 Å². The molecule has 0 bridgehead atoms. The Balaban J connectivity index is 2.08. The Morgan fingerprint density at radius 3 is 2.48 bits per heavy atom. The Hall–Kier alpha value is -1.75. The summed E-state index contributed by atoms with van der Waals surface area (Å²) in [6, 6.07) is 4.96. The first-order valence-corrected chi connectivity index (χ1v) is 7.35. The third kappa shape index (κ3) is 3.88. The van der Waals surface area contributed by atoms with E-state index in [9.17, 15) is 14.7 Å². The number of urea groups is 1. The van der Waals surface area contributed by atoms with Gasteiger partial charge in [0.1, 0.15) is 0 Å². The van der Waals surface area contributed by atoms with Crippen molar-refractivity contribution in [2.75, 3.05) is 0 Å². The number of hydrogen-bond acceptors (Lipinski definition) is 2. The summed E-state index contributed by atoms with van der Waals surface area (Å²) in [5.41, 5.74) is 0.117. The zero-order valence-corrected chi connectivity index (χ0v) is 12.6. The monoisotopic (exact) mass is 310 g/mol. The summed E-state index contributed by atoms with van der Waals surface area (Å²) in [6.07, 6.45) is 3.96. The zero-order chi connectivity index (χ0) is 15.5. The predicted molar refractivity (Wildman–Crippen MR) is 80.4 cm³/mol. The van der Waals surface area contributed by atoms with Crippen molar-refractivity contribution in [3.8, 4) is 0 Å². The van der Waals surface area contributed by atoms with Crippen LogP contribution in [0.2, 0.25) is 5.02 Å².